The molecule has 4 rings (SSSR count). The summed E-state index contributed by atoms with van der Waals surface area (Å²) in [6, 6.07) is 21.5. The Morgan fingerprint density at radius 2 is 1.02 bits per heavy atom. The second-order valence-corrected chi connectivity index (χ2v) is 13.8. The third kappa shape index (κ3) is 22.8. The van der Waals surface area contributed by atoms with Crippen LogP contribution >= 0.6 is 15.6 Å². The Hall–Kier alpha value is -2.34. The summed E-state index contributed by atoms with van der Waals surface area (Å²) in [5.74, 6) is 0. The first-order chi connectivity index (χ1) is 19.6. The standard InChI is InChI=1S/C26H30N4.2F6P.Ni/c1-20-25-10-5-11-26(29-25)21(2)28-15-7-17-30(16-6-14-27-20)19-22-12-13-23-8-3-4-9-24(23)18-22;2*1-7(2,3,4,5)6;/h3-5,8-13,18H,6-7,14-17,19H2,1-2H3;;;/q;2*-1;+3. The molecule has 0 fully saturated rings. The maximum atomic E-state index is 9.87. The van der Waals surface area contributed by atoms with Crippen LogP contribution in [-0.4, -0.2) is 47.5 Å². The Morgan fingerprint density at radius 3 is 1.47 bits per heavy atom. The van der Waals surface area contributed by atoms with Crippen LogP contribution in [0.15, 0.2) is 70.6 Å². The van der Waals surface area contributed by atoms with Gasteiger partial charge in [0.05, 0.1) is 22.8 Å². The largest absolute Gasteiger partial charge is 3.00 e. The number of hydrogen-bond acceptors (Lipinski definition) is 4. The van der Waals surface area contributed by atoms with Crippen molar-refractivity contribution in [3.8, 4) is 0 Å². The summed E-state index contributed by atoms with van der Waals surface area (Å²) in [5, 5.41) is 2.61. The molecule has 1 aliphatic rings. The van der Waals surface area contributed by atoms with Crippen molar-refractivity contribution in [2.24, 2.45) is 9.98 Å². The zero-order valence-electron chi connectivity index (χ0n) is 23.8. The predicted molar refractivity (Wildman–Crippen MR) is 154 cm³/mol. The van der Waals surface area contributed by atoms with Crippen LogP contribution in [0.2, 0.25) is 0 Å². The van der Waals surface area contributed by atoms with Crippen LogP contribution in [0, 0.1) is 0 Å². The number of aromatic nitrogens is 1. The predicted octanol–water partition coefficient (Wildman–Crippen LogP) is 11.9. The van der Waals surface area contributed by atoms with Crippen molar-refractivity contribution in [3.63, 3.8) is 0 Å². The first-order valence-electron chi connectivity index (χ1n) is 12.9. The Morgan fingerprint density at radius 1 is 0.600 bits per heavy atom. The third-order valence-corrected chi connectivity index (χ3v) is 5.67. The van der Waals surface area contributed by atoms with Crippen molar-refractivity contribution >= 4 is 37.8 Å². The van der Waals surface area contributed by atoms with Crippen LogP contribution < -0.4 is 0 Å². The van der Waals surface area contributed by atoms with E-state index in [-0.39, 0.29) is 16.5 Å². The summed E-state index contributed by atoms with van der Waals surface area (Å²) in [6.45, 7) is 8.82. The van der Waals surface area contributed by atoms with E-state index in [1.54, 1.807) is 0 Å². The minimum atomic E-state index is -10.7. The van der Waals surface area contributed by atoms with E-state index in [4.69, 9.17) is 15.0 Å². The van der Waals surface area contributed by atoms with Crippen LogP contribution in [0.25, 0.3) is 10.8 Å². The molecule has 0 spiro atoms. The number of rotatable bonds is 2. The second kappa shape index (κ2) is 13.4. The van der Waals surface area contributed by atoms with Gasteiger partial charge in [-0.2, -0.15) is 0 Å². The molecule has 19 heteroatoms. The van der Waals surface area contributed by atoms with Crippen molar-refractivity contribution in [1.82, 2.24) is 9.88 Å². The van der Waals surface area contributed by atoms with Crippen LogP contribution in [0.3, 0.4) is 0 Å². The Bertz CT molecular complexity index is 1420. The molecule has 1 aliphatic heterocycles. The topological polar surface area (TPSA) is 40.9 Å². The molecule has 257 valence electrons. The molecular weight excluding hydrogens is 717 g/mol. The van der Waals surface area contributed by atoms with Gasteiger partial charge in [-0.3, -0.25) is 14.9 Å². The molecule has 0 saturated carbocycles. The molecule has 2 heterocycles. The fourth-order valence-corrected chi connectivity index (χ4v) is 3.95. The Labute approximate surface area is 261 Å². The number of nitrogens with zero attached hydrogens (tertiary/aromatic N) is 4. The second-order valence-electron chi connectivity index (χ2n) is 9.92. The van der Waals surface area contributed by atoms with Gasteiger partial charge in [-0.15, -0.1) is 0 Å². The normalized spacial score (nSPS) is 18.3. The van der Waals surface area contributed by atoms with Crippen LogP contribution in [0.1, 0.15) is 43.6 Å². The van der Waals surface area contributed by atoms with Crippen molar-refractivity contribution in [2.75, 3.05) is 26.2 Å². The van der Waals surface area contributed by atoms with Gasteiger partial charge in [0.1, 0.15) is 0 Å². The first-order valence-corrected chi connectivity index (χ1v) is 17.0. The number of aliphatic imine (C=N–C) groups is 2. The van der Waals surface area contributed by atoms with E-state index in [2.05, 4.69) is 61.2 Å². The molecule has 0 unspecified atom stereocenters. The average Bonchev–Trinajstić information content (AvgIpc) is 2.84. The average molecular weight is 747 g/mol. The molecule has 2 aromatic carbocycles. The molecule has 0 saturated heterocycles. The van der Waals surface area contributed by atoms with Gasteiger partial charge in [-0.1, -0.05) is 42.5 Å². The van der Waals surface area contributed by atoms with Gasteiger partial charge in [0, 0.05) is 32.7 Å². The van der Waals surface area contributed by atoms with Crippen LogP contribution in [-0.2, 0) is 23.0 Å². The minimum Gasteiger partial charge on any atom is 3.00 e. The molecule has 45 heavy (non-hydrogen) atoms. The van der Waals surface area contributed by atoms with Gasteiger partial charge >= 0.3 is 82.5 Å². The molecule has 1 radical (unpaired) electrons. The summed E-state index contributed by atoms with van der Waals surface area (Å²) in [4.78, 5) is 16.9. The smallest absolute Gasteiger partial charge is 3.00 e. The number of benzene rings is 2. The molecule has 0 atom stereocenters. The molecule has 1 aromatic heterocycles. The summed E-state index contributed by atoms with van der Waals surface area (Å²) < 4.78 is 118. The fourth-order valence-electron chi connectivity index (χ4n) is 3.95. The quantitative estimate of drug-likeness (QED) is 0.149. The molecule has 0 amide bonds. The number of pyridine rings is 1. The van der Waals surface area contributed by atoms with Crippen molar-refractivity contribution < 1.29 is 66.9 Å². The first kappa shape index (κ1) is 40.7. The molecular formula is C26H30F12N4NiP2+. The van der Waals surface area contributed by atoms with Gasteiger partial charge in [0.2, 0.25) is 0 Å². The van der Waals surface area contributed by atoms with Crippen molar-refractivity contribution in [2.45, 2.75) is 33.2 Å². The maximum Gasteiger partial charge on any atom is 3.00 e. The number of fused-ring (bicyclic) bond motifs is 3. The van der Waals surface area contributed by atoms with E-state index in [0.717, 1.165) is 68.4 Å². The number of halogens is 12. The van der Waals surface area contributed by atoms with E-state index in [0.29, 0.717) is 0 Å². The van der Waals surface area contributed by atoms with Crippen LogP contribution in [0.4, 0.5) is 50.4 Å². The third-order valence-electron chi connectivity index (χ3n) is 5.67. The molecule has 0 N–H and O–H groups in total. The van der Waals surface area contributed by atoms with Gasteiger partial charge in [-0.25, -0.2) is 4.98 Å². The molecule has 0 aliphatic carbocycles. The Kier molecular flexibility index (Phi) is 12.1. The Balaban J connectivity index is 0.000000566. The van der Waals surface area contributed by atoms with E-state index in [1.165, 1.54) is 16.3 Å². The van der Waals surface area contributed by atoms with E-state index in [1.807, 2.05) is 18.2 Å². The zero-order chi connectivity index (χ0) is 33.6. The van der Waals surface area contributed by atoms with Gasteiger partial charge in [0.25, 0.3) is 0 Å². The minimum absolute atomic E-state index is 0. The van der Waals surface area contributed by atoms with Crippen molar-refractivity contribution in [3.05, 3.63) is 77.6 Å². The molecule has 3 aromatic rings. The summed E-state index contributed by atoms with van der Waals surface area (Å²) in [7, 11) is -21.3. The summed E-state index contributed by atoms with van der Waals surface area (Å²) >= 11 is 0. The number of hydrogen-bond donors (Lipinski definition) is 0. The van der Waals surface area contributed by atoms with Crippen molar-refractivity contribution in [1.29, 1.82) is 0 Å². The maximum absolute atomic E-state index is 10.7. The van der Waals surface area contributed by atoms with Crippen LogP contribution in [0.5, 0.6) is 0 Å². The van der Waals surface area contributed by atoms with Gasteiger partial charge in [0.15, 0.2) is 0 Å². The summed E-state index contributed by atoms with van der Waals surface area (Å²) in [5.41, 5.74) is 5.28. The molecule has 4 nitrogen and oxygen atoms in total. The van der Waals surface area contributed by atoms with E-state index >= 15 is 0 Å². The van der Waals surface area contributed by atoms with Gasteiger partial charge in [-0.05, 0) is 61.2 Å². The fraction of sp³-hybridized carbons (Fsp3) is 0.346. The monoisotopic (exact) mass is 746 g/mol. The summed E-state index contributed by atoms with van der Waals surface area (Å²) in [6.07, 6.45) is 2.10. The van der Waals surface area contributed by atoms with E-state index in [9.17, 15) is 50.4 Å². The van der Waals surface area contributed by atoms with Gasteiger partial charge < -0.3 is 0 Å². The SMILES string of the molecule is CC1=NCCCN(Cc2ccc3ccccc3c2)CCCN=C(C)c2cccc1n2.F[P-](F)(F)(F)(F)F.F[P-](F)(F)(F)(F)F.[Ni+3]. The van der Waals surface area contributed by atoms with E-state index < -0.39 is 15.6 Å². The zero-order valence-corrected chi connectivity index (χ0v) is 26.5. The molecule has 2 bridgehead atoms.